The van der Waals surface area contributed by atoms with Gasteiger partial charge in [-0.05, 0) is 31.3 Å². The summed E-state index contributed by atoms with van der Waals surface area (Å²) in [6, 6.07) is 7.18. The molecule has 2 saturated heterocycles. The summed E-state index contributed by atoms with van der Waals surface area (Å²) in [6.45, 7) is 4.61. The maximum Gasteiger partial charge on any atom is 0.254 e. The number of rotatable bonds is 5. The lowest BCUT2D eigenvalue weighted by Crippen LogP contribution is -2.58. The molecule has 2 fully saturated rings. The van der Waals surface area contributed by atoms with Gasteiger partial charge >= 0.3 is 0 Å². The third-order valence-corrected chi connectivity index (χ3v) is 4.66. The topological polar surface area (TPSA) is 103 Å². The average Bonchev–Trinajstić information content (AvgIpc) is 2.66. The SMILES string of the molecule is Cc1ccc(N2C(=O)[C@H](/C=N/NC(=O)CN3CCOCC3)C(=O)NC2=S)cc1. The van der Waals surface area contributed by atoms with Crippen LogP contribution < -0.4 is 15.6 Å². The van der Waals surface area contributed by atoms with E-state index in [1.54, 1.807) is 12.1 Å². The van der Waals surface area contributed by atoms with Crippen molar-refractivity contribution in [3.05, 3.63) is 29.8 Å². The van der Waals surface area contributed by atoms with Gasteiger partial charge in [0.25, 0.3) is 11.8 Å². The summed E-state index contributed by atoms with van der Waals surface area (Å²) in [6.07, 6.45) is 1.12. The number of hydrazone groups is 1. The van der Waals surface area contributed by atoms with Gasteiger partial charge in [-0.25, -0.2) is 5.43 Å². The Hall–Kier alpha value is -2.69. The largest absolute Gasteiger partial charge is 0.379 e. The van der Waals surface area contributed by atoms with Gasteiger partial charge in [0.05, 0.1) is 25.4 Å². The van der Waals surface area contributed by atoms with E-state index in [2.05, 4.69) is 15.8 Å². The van der Waals surface area contributed by atoms with Crippen molar-refractivity contribution in [3.8, 4) is 0 Å². The molecule has 0 radical (unpaired) electrons. The van der Waals surface area contributed by atoms with Gasteiger partial charge in [-0.15, -0.1) is 0 Å². The van der Waals surface area contributed by atoms with Gasteiger partial charge < -0.3 is 10.1 Å². The highest BCUT2D eigenvalue weighted by Crippen LogP contribution is 2.20. The fourth-order valence-electron chi connectivity index (χ4n) is 2.84. The van der Waals surface area contributed by atoms with Gasteiger partial charge in [0, 0.05) is 19.3 Å². The molecule has 3 rings (SSSR count). The minimum absolute atomic E-state index is 0.0138. The van der Waals surface area contributed by atoms with Crippen molar-refractivity contribution in [2.24, 2.45) is 11.0 Å². The molecule has 2 aliphatic heterocycles. The van der Waals surface area contributed by atoms with Gasteiger partial charge in [-0.2, -0.15) is 5.10 Å². The Balaban J connectivity index is 1.63. The van der Waals surface area contributed by atoms with Gasteiger partial charge in [-0.1, -0.05) is 17.7 Å². The number of hydrogen-bond donors (Lipinski definition) is 2. The lowest BCUT2D eigenvalue weighted by atomic mass is 10.1. The molecule has 1 aromatic rings. The van der Waals surface area contributed by atoms with Gasteiger partial charge in [0.15, 0.2) is 11.0 Å². The van der Waals surface area contributed by atoms with Crippen LogP contribution >= 0.6 is 12.2 Å². The Labute approximate surface area is 167 Å². The van der Waals surface area contributed by atoms with Crippen molar-refractivity contribution in [2.75, 3.05) is 37.7 Å². The molecule has 2 heterocycles. The Bertz CT molecular complexity index is 805. The van der Waals surface area contributed by atoms with Crippen molar-refractivity contribution in [1.82, 2.24) is 15.6 Å². The van der Waals surface area contributed by atoms with Crippen molar-refractivity contribution in [3.63, 3.8) is 0 Å². The summed E-state index contributed by atoms with van der Waals surface area (Å²) in [5.41, 5.74) is 3.94. The van der Waals surface area contributed by atoms with E-state index in [9.17, 15) is 14.4 Å². The van der Waals surface area contributed by atoms with E-state index >= 15 is 0 Å². The highest BCUT2D eigenvalue weighted by Gasteiger charge is 2.38. The van der Waals surface area contributed by atoms with E-state index < -0.39 is 17.7 Å². The maximum atomic E-state index is 12.8. The number of benzene rings is 1. The standard InChI is InChI=1S/C18H21N5O4S/c1-12-2-4-13(5-3-12)23-17(26)14(16(25)20-18(23)28)10-19-21-15(24)11-22-6-8-27-9-7-22/h2-5,10,14H,6-9,11H2,1H3,(H,21,24)(H,20,25,28)/b19-10+/t14-/m1/s1. The number of hydrogen-bond acceptors (Lipinski definition) is 7. The predicted molar refractivity (Wildman–Crippen MR) is 107 cm³/mol. The van der Waals surface area contributed by atoms with E-state index in [0.29, 0.717) is 32.0 Å². The molecule has 0 bridgehead atoms. The van der Waals surface area contributed by atoms with E-state index in [1.807, 2.05) is 24.0 Å². The first-order valence-corrected chi connectivity index (χ1v) is 9.24. The summed E-state index contributed by atoms with van der Waals surface area (Å²) in [7, 11) is 0. The van der Waals surface area contributed by atoms with Gasteiger partial charge in [-0.3, -0.25) is 24.2 Å². The fourth-order valence-corrected chi connectivity index (χ4v) is 3.14. The van der Waals surface area contributed by atoms with Crippen LogP contribution in [0.4, 0.5) is 5.69 Å². The second kappa shape index (κ2) is 9.00. The molecule has 0 spiro atoms. The summed E-state index contributed by atoms with van der Waals surface area (Å²) in [4.78, 5) is 40.1. The van der Waals surface area contributed by atoms with Gasteiger partial charge in [0.2, 0.25) is 5.91 Å². The smallest absolute Gasteiger partial charge is 0.254 e. The highest BCUT2D eigenvalue weighted by molar-refractivity contribution is 7.80. The lowest BCUT2D eigenvalue weighted by Gasteiger charge is -2.30. The second-order valence-electron chi connectivity index (χ2n) is 6.48. The van der Waals surface area contributed by atoms with Crippen LogP contribution in [0.5, 0.6) is 0 Å². The van der Waals surface area contributed by atoms with Crippen molar-refractivity contribution in [1.29, 1.82) is 0 Å². The quantitative estimate of drug-likeness (QED) is 0.305. The second-order valence-corrected chi connectivity index (χ2v) is 6.87. The predicted octanol–water partition coefficient (Wildman–Crippen LogP) is -0.207. The molecule has 0 saturated carbocycles. The first kappa shape index (κ1) is 20.1. The Kier molecular flexibility index (Phi) is 6.45. The third-order valence-electron chi connectivity index (χ3n) is 4.38. The fraction of sp³-hybridized carbons (Fsp3) is 0.389. The number of thiocarbonyl (C=S) groups is 1. The number of nitrogens with zero attached hydrogens (tertiary/aromatic N) is 3. The summed E-state index contributed by atoms with van der Waals surface area (Å²) in [5, 5.41) is 6.31. The number of amides is 3. The zero-order chi connectivity index (χ0) is 20.1. The molecule has 0 aliphatic carbocycles. The zero-order valence-corrected chi connectivity index (χ0v) is 16.2. The number of anilines is 1. The molecule has 2 aliphatic rings. The number of ether oxygens (including phenoxy) is 1. The molecule has 1 aromatic carbocycles. The number of morpholine rings is 1. The molecular weight excluding hydrogens is 382 g/mol. The molecule has 9 nitrogen and oxygen atoms in total. The van der Waals surface area contributed by atoms with Crippen molar-refractivity contribution in [2.45, 2.75) is 6.92 Å². The molecule has 28 heavy (non-hydrogen) atoms. The Morgan fingerprint density at radius 3 is 2.68 bits per heavy atom. The molecule has 1 atom stereocenters. The summed E-state index contributed by atoms with van der Waals surface area (Å²) in [5.74, 6) is -2.61. The highest BCUT2D eigenvalue weighted by atomic mass is 32.1. The molecule has 148 valence electrons. The first-order chi connectivity index (χ1) is 13.5. The minimum atomic E-state index is -1.18. The minimum Gasteiger partial charge on any atom is -0.379 e. The molecule has 3 amide bonds. The van der Waals surface area contributed by atoms with E-state index in [4.69, 9.17) is 17.0 Å². The van der Waals surface area contributed by atoms with E-state index in [0.717, 1.165) is 11.8 Å². The Morgan fingerprint density at radius 1 is 1.32 bits per heavy atom. The van der Waals surface area contributed by atoms with Crippen molar-refractivity contribution >= 4 is 47.0 Å². The number of carbonyl (C=O) groups is 3. The van der Waals surface area contributed by atoms with Gasteiger partial charge in [0.1, 0.15) is 0 Å². The Morgan fingerprint density at radius 2 is 2.00 bits per heavy atom. The first-order valence-electron chi connectivity index (χ1n) is 8.83. The normalized spacial score (nSPS) is 21.1. The van der Waals surface area contributed by atoms with Crippen LogP contribution in [0.2, 0.25) is 0 Å². The molecule has 2 N–H and O–H groups in total. The monoisotopic (exact) mass is 403 g/mol. The van der Waals surface area contributed by atoms with Crippen LogP contribution in [0, 0.1) is 12.8 Å². The zero-order valence-electron chi connectivity index (χ0n) is 15.4. The van der Waals surface area contributed by atoms with Crippen molar-refractivity contribution < 1.29 is 19.1 Å². The van der Waals surface area contributed by atoms with Crippen LogP contribution in [0.3, 0.4) is 0 Å². The van der Waals surface area contributed by atoms with Crippen LogP contribution in [0.25, 0.3) is 0 Å². The number of aryl methyl sites for hydroxylation is 1. The van der Waals surface area contributed by atoms with Crippen LogP contribution in [0.15, 0.2) is 29.4 Å². The molecule has 10 heteroatoms. The van der Waals surface area contributed by atoms with E-state index in [1.165, 1.54) is 4.90 Å². The lowest BCUT2D eigenvalue weighted by molar-refractivity contribution is -0.130. The van der Waals surface area contributed by atoms with E-state index in [-0.39, 0.29) is 17.6 Å². The molecular formula is C18H21N5O4S. The summed E-state index contributed by atoms with van der Waals surface area (Å²) >= 11 is 5.14. The number of nitrogens with one attached hydrogen (secondary N) is 2. The summed E-state index contributed by atoms with van der Waals surface area (Å²) < 4.78 is 5.23. The van der Waals surface area contributed by atoms with Crippen LogP contribution in [0.1, 0.15) is 5.56 Å². The molecule has 0 unspecified atom stereocenters. The third kappa shape index (κ3) is 4.77. The maximum absolute atomic E-state index is 12.8. The molecule has 0 aromatic heterocycles. The van der Waals surface area contributed by atoms with Crippen LogP contribution in [-0.2, 0) is 19.1 Å². The number of carbonyl (C=O) groups excluding carboxylic acids is 3. The van der Waals surface area contributed by atoms with Crippen LogP contribution in [-0.4, -0.2) is 66.8 Å². The average molecular weight is 403 g/mol.